The van der Waals surface area contributed by atoms with Crippen molar-refractivity contribution in [1.82, 2.24) is 10.2 Å². The SMILES string of the molecule is COc1ccc(CNC(=O)N2CCCCC2CCO)cc1F. The van der Waals surface area contributed by atoms with Crippen molar-refractivity contribution < 1.29 is 19.0 Å². The normalized spacial score (nSPS) is 18.1. The van der Waals surface area contributed by atoms with Gasteiger partial charge in [-0.1, -0.05) is 6.07 Å². The Labute approximate surface area is 130 Å². The van der Waals surface area contributed by atoms with Crippen molar-refractivity contribution in [2.75, 3.05) is 20.3 Å². The Balaban J connectivity index is 1.92. The highest BCUT2D eigenvalue weighted by Gasteiger charge is 2.25. The molecule has 122 valence electrons. The summed E-state index contributed by atoms with van der Waals surface area (Å²) in [6.45, 7) is 1.05. The number of carbonyl (C=O) groups is 1. The zero-order valence-corrected chi connectivity index (χ0v) is 12.8. The number of ether oxygens (including phenoxy) is 1. The highest BCUT2D eigenvalue weighted by molar-refractivity contribution is 5.74. The number of halogens is 1. The number of benzene rings is 1. The topological polar surface area (TPSA) is 61.8 Å². The number of likely N-dealkylation sites (tertiary alicyclic amines) is 1. The Morgan fingerprint density at radius 2 is 2.32 bits per heavy atom. The highest BCUT2D eigenvalue weighted by Crippen LogP contribution is 2.20. The van der Waals surface area contributed by atoms with Crippen molar-refractivity contribution >= 4 is 6.03 Å². The molecule has 1 aliphatic rings. The van der Waals surface area contributed by atoms with Crippen LogP contribution in [-0.2, 0) is 6.54 Å². The van der Waals surface area contributed by atoms with Crippen LogP contribution >= 0.6 is 0 Å². The van der Waals surface area contributed by atoms with E-state index in [1.165, 1.54) is 13.2 Å². The molecule has 0 radical (unpaired) electrons. The molecule has 0 aliphatic carbocycles. The quantitative estimate of drug-likeness (QED) is 0.877. The molecule has 2 rings (SSSR count). The van der Waals surface area contributed by atoms with Crippen LogP contribution in [0.15, 0.2) is 18.2 Å². The highest BCUT2D eigenvalue weighted by atomic mass is 19.1. The molecule has 6 heteroatoms. The minimum Gasteiger partial charge on any atom is -0.494 e. The monoisotopic (exact) mass is 310 g/mol. The smallest absolute Gasteiger partial charge is 0.317 e. The molecular formula is C16H23FN2O3. The second-order valence-corrected chi connectivity index (χ2v) is 5.48. The molecule has 1 aromatic rings. The third kappa shape index (κ3) is 4.10. The van der Waals surface area contributed by atoms with Gasteiger partial charge in [0.15, 0.2) is 11.6 Å². The number of methoxy groups -OCH3 is 1. The number of rotatable bonds is 5. The summed E-state index contributed by atoms with van der Waals surface area (Å²) < 4.78 is 18.5. The van der Waals surface area contributed by atoms with E-state index in [2.05, 4.69) is 5.32 Å². The van der Waals surface area contributed by atoms with Crippen LogP contribution in [0.1, 0.15) is 31.2 Å². The first-order valence-corrected chi connectivity index (χ1v) is 7.63. The molecule has 1 aliphatic heterocycles. The van der Waals surface area contributed by atoms with Gasteiger partial charge in [0.05, 0.1) is 7.11 Å². The van der Waals surface area contributed by atoms with E-state index in [0.717, 1.165) is 19.3 Å². The predicted octanol–water partition coefficient (Wildman–Crippen LogP) is 2.28. The van der Waals surface area contributed by atoms with Crippen LogP contribution < -0.4 is 10.1 Å². The molecule has 2 N–H and O–H groups in total. The van der Waals surface area contributed by atoms with Gasteiger partial charge in [-0.2, -0.15) is 0 Å². The molecule has 1 aromatic carbocycles. The number of piperidine rings is 1. The Bertz CT molecular complexity index is 508. The Kier molecular flexibility index (Phi) is 6.00. The molecule has 1 saturated heterocycles. The van der Waals surface area contributed by atoms with Crippen LogP contribution in [0.2, 0.25) is 0 Å². The van der Waals surface area contributed by atoms with E-state index >= 15 is 0 Å². The van der Waals surface area contributed by atoms with Crippen molar-refractivity contribution in [2.24, 2.45) is 0 Å². The second kappa shape index (κ2) is 7.98. The van der Waals surface area contributed by atoms with Gasteiger partial charge < -0.3 is 20.1 Å². The average Bonchev–Trinajstić information content (AvgIpc) is 2.53. The average molecular weight is 310 g/mol. The molecule has 0 aromatic heterocycles. The molecule has 1 unspecified atom stereocenters. The van der Waals surface area contributed by atoms with Gasteiger partial charge in [0, 0.05) is 25.7 Å². The number of hydrogen-bond acceptors (Lipinski definition) is 3. The van der Waals surface area contributed by atoms with Crippen LogP contribution in [-0.4, -0.2) is 42.3 Å². The summed E-state index contributed by atoms with van der Waals surface area (Å²) in [5, 5.41) is 11.9. The van der Waals surface area contributed by atoms with E-state index in [9.17, 15) is 9.18 Å². The number of aliphatic hydroxyl groups excluding tert-OH is 1. The van der Waals surface area contributed by atoms with Gasteiger partial charge in [-0.15, -0.1) is 0 Å². The maximum absolute atomic E-state index is 13.6. The fourth-order valence-electron chi connectivity index (χ4n) is 2.82. The van der Waals surface area contributed by atoms with Crippen molar-refractivity contribution in [1.29, 1.82) is 0 Å². The van der Waals surface area contributed by atoms with E-state index in [4.69, 9.17) is 9.84 Å². The summed E-state index contributed by atoms with van der Waals surface area (Å²) >= 11 is 0. The van der Waals surface area contributed by atoms with Crippen LogP contribution in [0.25, 0.3) is 0 Å². The van der Waals surface area contributed by atoms with E-state index in [-0.39, 0.29) is 31.0 Å². The number of hydrogen-bond donors (Lipinski definition) is 2. The zero-order valence-electron chi connectivity index (χ0n) is 12.8. The fourth-order valence-corrected chi connectivity index (χ4v) is 2.82. The van der Waals surface area contributed by atoms with Crippen molar-refractivity contribution in [3.05, 3.63) is 29.6 Å². The van der Waals surface area contributed by atoms with Crippen LogP contribution in [0.3, 0.4) is 0 Å². The molecular weight excluding hydrogens is 287 g/mol. The molecule has 0 spiro atoms. The second-order valence-electron chi connectivity index (χ2n) is 5.48. The summed E-state index contributed by atoms with van der Waals surface area (Å²) in [7, 11) is 1.41. The molecule has 2 amide bonds. The molecule has 1 fully saturated rings. The summed E-state index contributed by atoms with van der Waals surface area (Å²) in [5.74, 6) is -0.250. The first-order chi connectivity index (χ1) is 10.7. The van der Waals surface area contributed by atoms with Crippen molar-refractivity contribution in [2.45, 2.75) is 38.3 Å². The third-order valence-corrected chi connectivity index (χ3v) is 4.01. The Morgan fingerprint density at radius 1 is 1.50 bits per heavy atom. The van der Waals surface area contributed by atoms with E-state index < -0.39 is 5.82 Å². The lowest BCUT2D eigenvalue weighted by Gasteiger charge is -2.35. The summed E-state index contributed by atoms with van der Waals surface area (Å²) in [6.07, 6.45) is 3.58. The van der Waals surface area contributed by atoms with Crippen molar-refractivity contribution in [3.8, 4) is 5.75 Å². The number of amides is 2. The van der Waals surface area contributed by atoms with Gasteiger partial charge in [-0.05, 0) is 43.4 Å². The Hall–Kier alpha value is -1.82. The number of nitrogens with zero attached hydrogens (tertiary/aromatic N) is 1. The van der Waals surface area contributed by atoms with E-state index in [1.54, 1.807) is 17.0 Å². The molecule has 0 bridgehead atoms. The Morgan fingerprint density at radius 3 is 3.00 bits per heavy atom. The van der Waals surface area contributed by atoms with Gasteiger partial charge in [-0.3, -0.25) is 0 Å². The zero-order chi connectivity index (χ0) is 15.9. The minimum atomic E-state index is -0.439. The summed E-state index contributed by atoms with van der Waals surface area (Å²) in [4.78, 5) is 14.1. The largest absolute Gasteiger partial charge is 0.494 e. The summed E-state index contributed by atoms with van der Waals surface area (Å²) in [5.41, 5.74) is 0.683. The lowest BCUT2D eigenvalue weighted by atomic mass is 10.0. The first-order valence-electron chi connectivity index (χ1n) is 7.63. The number of urea groups is 1. The lowest BCUT2D eigenvalue weighted by molar-refractivity contribution is 0.131. The van der Waals surface area contributed by atoms with Gasteiger partial charge in [0.1, 0.15) is 0 Å². The molecule has 1 heterocycles. The van der Waals surface area contributed by atoms with Gasteiger partial charge in [0.2, 0.25) is 0 Å². The molecule has 5 nitrogen and oxygen atoms in total. The first kappa shape index (κ1) is 16.5. The maximum Gasteiger partial charge on any atom is 0.317 e. The van der Waals surface area contributed by atoms with Crippen LogP contribution in [0, 0.1) is 5.82 Å². The number of carbonyl (C=O) groups excluding carboxylic acids is 1. The predicted molar refractivity (Wildman–Crippen MR) is 81.2 cm³/mol. The van der Waals surface area contributed by atoms with Crippen LogP contribution in [0.4, 0.5) is 9.18 Å². The summed E-state index contributed by atoms with van der Waals surface area (Å²) in [6, 6.07) is 4.57. The van der Waals surface area contributed by atoms with E-state index in [1.807, 2.05) is 0 Å². The van der Waals surface area contributed by atoms with Gasteiger partial charge in [-0.25, -0.2) is 9.18 Å². The molecule has 0 saturated carbocycles. The van der Waals surface area contributed by atoms with E-state index in [0.29, 0.717) is 18.5 Å². The van der Waals surface area contributed by atoms with Gasteiger partial charge in [0.25, 0.3) is 0 Å². The fraction of sp³-hybridized carbons (Fsp3) is 0.562. The lowest BCUT2D eigenvalue weighted by Crippen LogP contribution is -2.48. The molecule has 1 atom stereocenters. The number of nitrogens with one attached hydrogen (secondary N) is 1. The third-order valence-electron chi connectivity index (χ3n) is 4.01. The van der Waals surface area contributed by atoms with Crippen LogP contribution in [0.5, 0.6) is 5.75 Å². The number of aliphatic hydroxyl groups is 1. The van der Waals surface area contributed by atoms with Crippen molar-refractivity contribution in [3.63, 3.8) is 0 Å². The van der Waals surface area contributed by atoms with Gasteiger partial charge >= 0.3 is 6.03 Å². The standard InChI is InChI=1S/C16H23FN2O3/c1-22-15-6-5-12(10-14(15)17)11-18-16(21)19-8-3-2-4-13(19)7-9-20/h5-6,10,13,20H,2-4,7-9,11H2,1H3,(H,18,21). The molecule has 22 heavy (non-hydrogen) atoms. The maximum atomic E-state index is 13.6. The minimum absolute atomic E-state index is 0.0815.